The van der Waals surface area contributed by atoms with Crippen molar-refractivity contribution in [3.8, 4) is 0 Å². The molecule has 0 atom stereocenters. The Morgan fingerprint density at radius 1 is 1.45 bits per heavy atom. The highest BCUT2D eigenvalue weighted by Gasteiger charge is 2.09. The normalized spacial score (nSPS) is 10.7. The van der Waals surface area contributed by atoms with E-state index < -0.39 is 0 Å². The predicted octanol–water partition coefficient (Wildman–Crippen LogP) is 3.09. The fourth-order valence-electron chi connectivity index (χ4n) is 1.87. The van der Waals surface area contributed by atoms with Crippen molar-refractivity contribution in [1.82, 2.24) is 10.3 Å². The van der Waals surface area contributed by atoms with Crippen molar-refractivity contribution in [2.24, 2.45) is 5.92 Å². The highest BCUT2D eigenvalue weighted by atomic mass is 16.1. The minimum absolute atomic E-state index is 0.0867. The predicted molar refractivity (Wildman–Crippen MR) is 84.2 cm³/mol. The third kappa shape index (κ3) is 5.59. The largest absolute Gasteiger partial charge is 0.374 e. The number of rotatable bonds is 8. The van der Waals surface area contributed by atoms with Crippen LogP contribution in [0.2, 0.25) is 0 Å². The van der Waals surface area contributed by atoms with Crippen LogP contribution in [0.5, 0.6) is 0 Å². The molecule has 20 heavy (non-hydrogen) atoms. The number of hydrogen-bond acceptors (Lipinski definition) is 3. The molecule has 1 rings (SSSR count). The summed E-state index contributed by atoms with van der Waals surface area (Å²) in [6.07, 6.45) is 5.00. The summed E-state index contributed by atoms with van der Waals surface area (Å²) in [6, 6.07) is 3.81. The Bertz CT molecular complexity index is 418. The molecule has 0 aromatic carbocycles. The maximum absolute atomic E-state index is 12.0. The first-order valence-corrected chi connectivity index (χ1v) is 7.50. The lowest BCUT2D eigenvalue weighted by atomic mass is 10.1. The lowest BCUT2D eigenvalue weighted by Crippen LogP contribution is -2.26. The molecule has 0 aliphatic rings. The summed E-state index contributed by atoms with van der Waals surface area (Å²) in [4.78, 5) is 18.3. The second kappa shape index (κ2) is 8.56. The maximum atomic E-state index is 12.0. The van der Waals surface area contributed by atoms with Crippen LogP contribution in [0.15, 0.2) is 18.3 Å². The van der Waals surface area contributed by atoms with E-state index in [1.54, 1.807) is 6.20 Å². The van der Waals surface area contributed by atoms with Crippen LogP contribution in [0, 0.1) is 5.92 Å². The van der Waals surface area contributed by atoms with Gasteiger partial charge in [0.1, 0.15) is 5.69 Å². The molecule has 0 bridgehead atoms. The Labute approximate surface area is 122 Å². The molecule has 0 fully saturated rings. The number of hydrogen-bond donors (Lipinski definition) is 1. The van der Waals surface area contributed by atoms with E-state index in [0.717, 1.165) is 31.5 Å². The van der Waals surface area contributed by atoms with Gasteiger partial charge in [-0.05, 0) is 30.9 Å². The molecule has 0 saturated carbocycles. The highest BCUT2D eigenvalue weighted by Crippen LogP contribution is 2.13. The zero-order chi connectivity index (χ0) is 15.0. The Hall–Kier alpha value is -1.58. The van der Waals surface area contributed by atoms with Crippen LogP contribution in [0.1, 0.15) is 50.5 Å². The minimum atomic E-state index is -0.0867. The Balaban J connectivity index is 2.60. The maximum Gasteiger partial charge on any atom is 0.269 e. The molecule has 112 valence electrons. The molecule has 0 aliphatic carbocycles. The van der Waals surface area contributed by atoms with Crippen molar-refractivity contribution < 1.29 is 4.79 Å². The topological polar surface area (TPSA) is 45.2 Å². The van der Waals surface area contributed by atoms with Crippen LogP contribution in [0.3, 0.4) is 0 Å². The fraction of sp³-hybridized carbons (Fsp3) is 0.625. The molecule has 0 unspecified atom stereocenters. The molecule has 1 amide bonds. The van der Waals surface area contributed by atoms with Crippen LogP contribution < -0.4 is 10.2 Å². The number of anilines is 1. The molecule has 1 N–H and O–H groups in total. The van der Waals surface area contributed by atoms with Gasteiger partial charge in [0.2, 0.25) is 0 Å². The van der Waals surface area contributed by atoms with Crippen molar-refractivity contribution in [3.05, 3.63) is 24.0 Å². The monoisotopic (exact) mass is 277 g/mol. The van der Waals surface area contributed by atoms with Gasteiger partial charge in [0.25, 0.3) is 5.91 Å². The highest BCUT2D eigenvalue weighted by molar-refractivity contribution is 5.93. The molecular weight excluding hydrogens is 250 g/mol. The van der Waals surface area contributed by atoms with E-state index in [4.69, 9.17) is 0 Å². The number of unbranched alkanes of at least 4 members (excludes halogenated alkanes) is 1. The fourth-order valence-corrected chi connectivity index (χ4v) is 1.87. The van der Waals surface area contributed by atoms with E-state index >= 15 is 0 Å². The number of aromatic nitrogens is 1. The Morgan fingerprint density at radius 3 is 2.85 bits per heavy atom. The van der Waals surface area contributed by atoms with Gasteiger partial charge >= 0.3 is 0 Å². The van der Waals surface area contributed by atoms with E-state index in [2.05, 4.69) is 36.0 Å². The second-order valence-electron chi connectivity index (χ2n) is 5.61. The van der Waals surface area contributed by atoms with Gasteiger partial charge in [-0.1, -0.05) is 27.2 Å². The molecule has 4 heteroatoms. The molecule has 1 aromatic rings. The van der Waals surface area contributed by atoms with E-state index in [1.807, 2.05) is 19.2 Å². The molecule has 0 saturated heterocycles. The summed E-state index contributed by atoms with van der Waals surface area (Å²) < 4.78 is 0. The van der Waals surface area contributed by atoms with Gasteiger partial charge in [0, 0.05) is 32.0 Å². The van der Waals surface area contributed by atoms with Crippen molar-refractivity contribution >= 4 is 11.6 Å². The molecule has 1 aromatic heterocycles. The first kappa shape index (κ1) is 16.5. The van der Waals surface area contributed by atoms with Gasteiger partial charge in [-0.15, -0.1) is 0 Å². The van der Waals surface area contributed by atoms with E-state index in [1.165, 1.54) is 0 Å². The van der Waals surface area contributed by atoms with Crippen LogP contribution in [0.4, 0.5) is 5.69 Å². The van der Waals surface area contributed by atoms with Crippen LogP contribution in [-0.4, -0.2) is 31.0 Å². The third-order valence-electron chi connectivity index (χ3n) is 3.27. The number of amides is 1. The molecule has 4 nitrogen and oxygen atoms in total. The molecule has 0 spiro atoms. The standard InChI is InChI=1S/C16H27N3O/c1-5-6-11-19(4)14-8-10-17-15(12-14)16(20)18-9-7-13(2)3/h8,10,12-13H,5-7,9,11H2,1-4H3,(H,18,20). The van der Waals surface area contributed by atoms with Gasteiger partial charge in [-0.3, -0.25) is 9.78 Å². The number of carbonyl (C=O) groups excluding carboxylic acids is 1. The minimum Gasteiger partial charge on any atom is -0.374 e. The van der Waals surface area contributed by atoms with Gasteiger partial charge in [-0.25, -0.2) is 0 Å². The van der Waals surface area contributed by atoms with E-state index in [9.17, 15) is 4.79 Å². The van der Waals surface area contributed by atoms with E-state index in [-0.39, 0.29) is 5.91 Å². The number of carbonyl (C=O) groups is 1. The van der Waals surface area contributed by atoms with Crippen LogP contribution in [0.25, 0.3) is 0 Å². The summed E-state index contributed by atoms with van der Waals surface area (Å²) >= 11 is 0. The lowest BCUT2D eigenvalue weighted by molar-refractivity contribution is 0.0947. The summed E-state index contributed by atoms with van der Waals surface area (Å²) in [5.41, 5.74) is 1.54. The summed E-state index contributed by atoms with van der Waals surface area (Å²) in [6.45, 7) is 8.17. The SMILES string of the molecule is CCCCN(C)c1ccnc(C(=O)NCCC(C)C)c1. The zero-order valence-corrected chi connectivity index (χ0v) is 13.1. The summed E-state index contributed by atoms with van der Waals surface area (Å²) in [5.74, 6) is 0.506. The summed E-state index contributed by atoms with van der Waals surface area (Å²) in [7, 11) is 2.05. The lowest BCUT2D eigenvalue weighted by Gasteiger charge is -2.19. The van der Waals surface area contributed by atoms with Gasteiger partial charge in [0.05, 0.1) is 0 Å². The summed E-state index contributed by atoms with van der Waals surface area (Å²) in [5, 5.41) is 2.92. The van der Waals surface area contributed by atoms with Crippen molar-refractivity contribution in [2.45, 2.75) is 40.0 Å². The Kier molecular flexibility index (Phi) is 7.05. The molecule has 0 radical (unpaired) electrons. The number of nitrogens with zero attached hydrogens (tertiary/aromatic N) is 2. The number of pyridine rings is 1. The average Bonchev–Trinajstić information content (AvgIpc) is 2.44. The zero-order valence-electron chi connectivity index (χ0n) is 13.1. The van der Waals surface area contributed by atoms with Crippen LogP contribution in [-0.2, 0) is 0 Å². The van der Waals surface area contributed by atoms with Crippen molar-refractivity contribution in [2.75, 3.05) is 25.0 Å². The third-order valence-corrected chi connectivity index (χ3v) is 3.27. The smallest absolute Gasteiger partial charge is 0.269 e. The number of nitrogens with one attached hydrogen (secondary N) is 1. The quantitative estimate of drug-likeness (QED) is 0.794. The molecule has 0 aliphatic heterocycles. The van der Waals surface area contributed by atoms with Crippen LogP contribution >= 0.6 is 0 Å². The first-order chi connectivity index (χ1) is 9.54. The van der Waals surface area contributed by atoms with Crippen molar-refractivity contribution in [1.29, 1.82) is 0 Å². The first-order valence-electron chi connectivity index (χ1n) is 7.50. The van der Waals surface area contributed by atoms with Gasteiger partial charge in [0.15, 0.2) is 0 Å². The van der Waals surface area contributed by atoms with E-state index in [0.29, 0.717) is 18.2 Å². The van der Waals surface area contributed by atoms with Gasteiger partial charge in [-0.2, -0.15) is 0 Å². The molecular formula is C16H27N3O. The average molecular weight is 277 g/mol. The molecule has 1 heterocycles. The second-order valence-corrected chi connectivity index (χ2v) is 5.61. The Morgan fingerprint density at radius 2 is 2.20 bits per heavy atom. The van der Waals surface area contributed by atoms with Gasteiger partial charge < -0.3 is 10.2 Å². The van der Waals surface area contributed by atoms with Crippen molar-refractivity contribution in [3.63, 3.8) is 0 Å².